The van der Waals surface area contributed by atoms with E-state index in [0.717, 1.165) is 54.0 Å². The van der Waals surface area contributed by atoms with Crippen LogP contribution in [0.4, 0.5) is 0 Å². The van der Waals surface area contributed by atoms with E-state index in [1.165, 1.54) is 5.56 Å². The number of carbonyl (C=O) groups excluding carboxylic acids is 2. The molecule has 2 amide bonds. The zero-order chi connectivity index (χ0) is 25.2. The maximum atomic E-state index is 14.0. The average Bonchev–Trinajstić information content (AvgIpc) is 3.64. The summed E-state index contributed by atoms with van der Waals surface area (Å²) in [6, 6.07) is 7.80. The molecule has 0 spiro atoms. The van der Waals surface area contributed by atoms with Gasteiger partial charge in [-0.25, -0.2) is 4.98 Å². The van der Waals surface area contributed by atoms with E-state index in [4.69, 9.17) is 9.72 Å². The largest absolute Gasteiger partial charge is 0.381 e. The molecule has 3 aromatic heterocycles. The first-order chi connectivity index (χ1) is 17.5. The molecule has 0 aromatic carbocycles. The number of pyridine rings is 1. The first-order valence-corrected chi connectivity index (χ1v) is 14.1. The molecule has 5 rings (SSSR count). The van der Waals surface area contributed by atoms with Crippen molar-refractivity contribution in [2.75, 3.05) is 19.8 Å². The van der Waals surface area contributed by atoms with E-state index in [0.29, 0.717) is 19.8 Å². The van der Waals surface area contributed by atoms with Crippen LogP contribution in [0.1, 0.15) is 62.6 Å². The maximum absolute atomic E-state index is 14.0. The predicted octanol–water partition coefficient (Wildman–Crippen LogP) is 4.99. The molecule has 192 valence electrons. The Kier molecular flexibility index (Phi) is 7.44. The quantitative estimate of drug-likeness (QED) is 0.488. The van der Waals surface area contributed by atoms with Crippen molar-refractivity contribution in [3.63, 3.8) is 0 Å². The Morgan fingerprint density at radius 3 is 2.83 bits per heavy atom. The Morgan fingerprint density at radius 2 is 2.06 bits per heavy atom. The van der Waals surface area contributed by atoms with Gasteiger partial charge < -0.3 is 19.4 Å². The Balaban J connectivity index is 1.40. The monoisotopic (exact) mass is 508 g/mol. The Hall–Kier alpha value is -2.71. The van der Waals surface area contributed by atoms with Crippen molar-refractivity contribution < 1.29 is 14.3 Å². The SMILES string of the molecule is CC[C@@H](C)C(=O)N[C@H](C(=O)N1CCC[C@H]1c1nc(-c2c(C)cc3ccccn23)cs1)C1CCOCC1. The van der Waals surface area contributed by atoms with E-state index in [9.17, 15) is 9.59 Å². The van der Waals surface area contributed by atoms with Gasteiger partial charge in [0, 0.05) is 42.8 Å². The van der Waals surface area contributed by atoms with Crippen molar-refractivity contribution >= 4 is 28.7 Å². The Bertz CT molecular complexity index is 1230. The molecule has 2 aliphatic rings. The molecular formula is C28H36N4O3S. The molecule has 3 aromatic rings. The molecule has 3 atom stereocenters. The number of amides is 2. The molecule has 8 heteroatoms. The Morgan fingerprint density at radius 1 is 1.25 bits per heavy atom. The topological polar surface area (TPSA) is 75.9 Å². The summed E-state index contributed by atoms with van der Waals surface area (Å²) < 4.78 is 7.73. The lowest BCUT2D eigenvalue weighted by Gasteiger charge is -2.35. The minimum Gasteiger partial charge on any atom is -0.381 e. The second-order valence-electron chi connectivity index (χ2n) is 10.2. The van der Waals surface area contributed by atoms with Gasteiger partial charge >= 0.3 is 0 Å². The standard InChI is InChI=1S/C28H36N4O3S/c1-4-18(2)26(33)30-24(20-10-14-35-15-11-20)28(34)32-13-7-9-23(32)27-29-22(17-36-27)25-19(3)16-21-8-5-6-12-31(21)25/h5-6,8,12,16-18,20,23-24H,4,7,9-11,13-15H2,1-3H3,(H,30,33)/t18-,23+,24+/m1/s1. The normalized spacial score (nSPS) is 20.5. The van der Waals surface area contributed by atoms with Crippen molar-refractivity contribution in [2.45, 2.75) is 65.0 Å². The lowest BCUT2D eigenvalue weighted by Crippen LogP contribution is -2.54. The minimum absolute atomic E-state index is 0.0297. The molecule has 0 radical (unpaired) electrons. The highest BCUT2D eigenvalue weighted by molar-refractivity contribution is 7.10. The number of aromatic nitrogens is 2. The summed E-state index contributed by atoms with van der Waals surface area (Å²) in [6.07, 6.45) is 6.24. The first kappa shape index (κ1) is 25.0. The summed E-state index contributed by atoms with van der Waals surface area (Å²) in [5, 5.41) is 6.22. The molecule has 7 nitrogen and oxygen atoms in total. The second kappa shape index (κ2) is 10.7. The average molecular weight is 509 g/mol. The number of aryl methyl sites for hydroxylation is 1. The van der Waals surface area contributed by atoms with Gasteiger partial charge in [0.15, 0.2) is 0 Å². The number of fused-ring (bicyclic) bond motifs is 1. The third-order valence-electron chi connectivity index (χ3n) is 7.82. The zero-order valence-electron chi connectivity index (χ0n) is 21.4. The minimum atomic E-state index is -0.507. The summed E-state index contributed by atoms with van der Waals surface area (Å²) >= 11 is 1.63. The molecule has 0 saturated carbocycles. The van der Waals surface area contributed by atoms with E-state index in [1.807, 2.05) is 30.9 Å². The number of thiazole rings is 1. The van der Waals surface area contributed by atoms with Crippen LogP contribution in [0, 0.1) is 18.8 Å². The number of nitrogens with one attached hydrogen (secondary N) is 1. The molecule has 0 bridgehead atoms. The van der Waals surface area contributed by atoms with Crippen LogP contribution in [0.5, 0.6) is 0 Å². The highest BCUT2D eigenvalue weighted by Gasteiger charge is 2.40. The number of hydrogen-bond donors (Lipinski definition) is 1. The van der Waals surface area contributed by atoms with Crippen LogP contribution in [0.15, 0.2) is 35.8 Å². The molecule has 1 N–H and O–H groups in total. The summed E-state index contributed by atoms with van der Waals surface area (Å²) in [5.74, 6) is -0.0226. The molecule has 5 heterocycles. The smallest absolute Gasteiger partial charge is 0.246 e. The van der Waals surface area contributed by atoms with Gasteiger partial charge in [-0.05, 0) is 68.7 Å². The van der Waals surface area contributed by atoms with Gasteiger partial charge in [-0.15, -0.1) is 11.3 Å². The van der Waals surface area contributed by atoms with Crippen LogP contribution in [0.25, 0.3) is 16.9 Å². The van der Waals surface area contributed by atoms with Crippen LogP contribution >= 0.6 is 11.3 Å². The lowest BCUT2D eigenvalue weighted by molar-refractivity contribution is -0.140. The highest BCUT2D eigenvalue weighted by atomic mass is 32.1. The summed E-state index contributed by atoms with van der Waals surface area (Å²) in [5.41, 5.74) is 4.38. The van der Waals surface area contributed by atoms with Gasteiger partial charge in [0.1, 0.15) is 11.0 Å². The number of rotatable bonds is 7. The van der Waals surface area contributed by atoms with Crippen molar-refractivity contribution in [2.24, 2.45) is 11.8 Å². The van der Waals surface area contributed by atoms with Gasteiger partial charge in [0.2, 0.25) is 11.8 Å². The molecule has 0 aliphatic carbocycles. The number of likely N-dealkylation sites (tertiary alicyclic amines) is 1. The van der Waals surface area contributed by atoms with E-state index >= 15 is 0 Å². The van der Waals surface area contributed by atoms with Crippen LogP contribution in [0.2, 0.25) is 0 Å². The van der Waals surface area contributed by atoms with Crippen LogP contribution in [0.3, 0.4) is 0 Å². The third-order valence-corrected chi connectivity index (χ3v) is 8.76. The van der Waals surface area contributed by atoms with E-state index in [1.54, 1.807) is 11.3 Å². The molecule has 2 aliphatic heterocycles. The lowest BCUT2D eigenvalue weighted by atomic mass is 9.90. The fourth-order valence-corrected chi connectivity index (χ4v) is 6.46. The van der Waals surface area contributed by atoms with Crippen LogP contribution in [-0.4, -0.2) is 51.9 Å². The zero-order valence-corrected chi connectivity index (χ0v) is 22.2. The van der Waals surface area contributed by atoms with Crippen molar-refractivity contribution in [1.82, 2.24) is 19.6 Å². The van der Waals surface area contributed by atoms with E-state index in [2.05, 4.69) is 40.4 Å². The highest BCUT2D eigenvalue weighted by Crippen LogP contribution is 2.38. The Labute approximate surface area is 216 Å². The fraction of sp³-hybridized carbons (Fsp3) is 0.536. The van der Waals surface area contributed by atoms with Gasteiger partial charge in [0.25, 0.3) is 0 Å². The molecule has 36 heavy (non-hydrogen) atoms. The summed E-state index contributed by atoms with van der Waals surface area (Å²) in [4.78, 5) is 33.9. The molecule has 2 fully saturated rings. The molecule has 2 saturated heterocycles. The number of ether oxygens (including phenoxy) is 1. The predicted molar refractivity (Wildman–Crippen MR) is 142 cm³/mol. The first-order valence-electron chi connectivity index (χ1n) is 13.2. The van der Waals surface area contributed by atoms with Gasteiger partial charge in [-0.2, -0.15) is 0 Å². The van der Waals surface area contributed by atoms with Crippen molar-refractivity contribution in [1.29, 1.82) is 0 Å². The second-order valence-corrected chi connectivity index (χ2v) is 11.1. The van der Waals surface area contributed by atoms with Crippen molar-refractivity contribution in [3.8, 4) is 11.4 Å². The van der Waals surface area contributed by atoms with E-state index in [-0.39, 0.29) is 29.7 Å². The number of nitrogens with zero attached hydrogens (tertiary/aromatic N) is 3. The van der Waals surface area contributed by atoms with Gasteiger partial charge in [-0.3, -0.25) is 9.59 Å². The van der Waals surface area contributed by atoms with Gasteiger partial charge in [0.05, 0.1) is 17.4 Å². The van der Waals surface area contributed by atoms with Crippen LogP contribution in [-0.2, 0) is 14.3 Å². The summed E-state index contributed by atoms with van der Waals surface area (Å²) in [7, 11) is 0. The third kappa shape index (κ3) is 4.81. The number of carbonyl (C=O) groups is 2. The van der Waals surface area contributed by atoms with Crippen LogP contribution < -0.4 is 5.32 Å². The summed E-state index contributed by atoms with van der Waals surface area (Å²) in [6.45, 7) is 8.01. The van der Waals surface area contributed by atoms with E-state index < -0.39 is 6.04 Å². The molecular weight excluding hydrogens is 472 g/mol. The fourth-order valence-electron chi connectivity index (χ4n) is 5.51. The van der Waals surface area contributed by atoms with Gasteiger partial charge in [-0.1, -0.05) is 19.9 Å². The molecule has 0 unspecified atom stereocenters. The van der Waals surface area contributed by atoms with Crippen molar-refractivity contribution in [3.05, 3.63) is 46.4 Å². The number of hydrogen-bond acceptors (Lipinski definition) is 5. The maximum Gasteiger partial charge on any atom is 0.246 e.